The number of aromatic nitrogens is 4. The minimum Gasteiger partial charge on any atom is -0.301 e. The molecule has 0 bridgehead atoms. The molecule has 1 aliphatic rings. The summed E-state index contributed by atoms with van der Waals surface area (Å²) in [6.07, 6.45) is 4.52. The maximum atomic E-state index is 12.0. The molecule has 0 saturated carbocycles. The third kappa shape index (κ3) is 3.97. The second-order valence-electron chi connectivity index (χ2n) is 5.19. The number of amides is 1. The van der Waals surface area contributed by atoms with Crippen LogP contribution in [0.25, 0.3) is 0 Å². The Morgan fingerprint density at radius 3 is 2.96 bits per heavy atom. The van der Waals surface area contributed by atoms with Crippen molar-refractivity contribution in [2.45, 2.75) is 44.2 Å². The summed E-state index contributed by atoms with van der Waals surface area (Å²) in [5, 5.41) is 12.4. The predicted molar refractivity (Wildman–Crippen MR) is 90.1 cm³/mol. The molecule has 0 saturated heterocycles. The molecule has 2 aromatic heterocycles. The fourth-order valence-electron chi connectivity index (χ4n) is 2.39. The second kappa shape index (κ2) is 7.22. The van der Waals surface area contributed by atoms with Gasteiger partial charge in [0.15, 0.2) is 5.16 Å². The molecule has 1 aliphatic carbocycles. The molecule has 0 radical (unpaired) electrons. The molecule has 3 rings (SSSR count). The van der Waals surface area contributed by atoms with E-state index in [0.717, 1.165) is 48.4 Å². The van der Waals surface area contributed by atoms with Crippen molar-refractivity contribution in [2.24, 2.45) is 0 Å². The molecule has 23 heavy (non-hydrogen) atoms. The van der Waals surface area contributed by atoms with Gasteiger partial charge in [-0.1, -0.05) is 30.0 Å². The number of hydrogen-bond donors (Lipinski definition) is 2. The number of aryl methyl sites for hydroxylation is 2. The first-order valence-corrected chi connectivity index (χ1v) is 9.33. The number of hydrogen-bond acceptors (Lipinski definition) is 7. The van der Waals surface area contributed by atoms with E-state index in [2.05, 4.69) is 25.5 Å². The first-order valence-electron chi connectivity index (χ1n) is 7.53. The number of thioether (sulfide) groups is 1. The van der Waals surface area contributed by atoms with Gasteiger partial charge >= 0.3 is 0 Å². The minimum atomic E-state index is -0.186. The molecule has 0 unspecified atom stereocenters. The highest BCUT2D eigenvalue weighted by Crippen LogP contribution is 2.20. The summed E-state index contributed by atoms with van der Waals surface area (Å²) in [7, 11) is 0. The van der Waals surface area contributed by atoms with E-state index in [4.69, 9.17) is 0 Å². The van der Waals surface area contributed by atoms with Crippen LogP contribution in [0.1, 0.15) is 36.0 Å². The number of anilines is 1. The smallest absolute Gasteiger partial charge is 0.254 e. The van der Waals surface area contributed by atoms with Crippen LogP contribution in [0.4, 0.5) is 5.13 Å². The van der Waals surface area contributed by atoms with Gasteiger partial charge in [0.25, 0.3) is 5.56 Å². The average Bonchev–Trinajstić information content (AvgIpc) is 3.00. The molecule has 0 aliphatic heterocycles. The van der Waals surface area contributed by atoms with Crippen LogP contribution in [0, 0.1) is 0 Å². The fourth-order valence-corrected chi connectivity index (χ4v) is 3.76. The van der Waals surface area contributed by atoms with Crippen molar-refractivity contribution in [3.8, 4) is 0 Å². The van der Waals surface area contributed by atoms with Gasteiger partial charge in [-0.05, 0) is 32.1 Å². The molecule has 122 valence electrons. The number of carbonyl (C=O) groups is 1. The van der Waals surface area contributed by atoms with Crippen molar-refractivity contribution in [1.82, 2.24) is 20.2 Å². The molecule has 0 fully saturated rings. The Kier molecular flexibility index (Phi) is 5.06. The Labute approximate surface area is 141 Å². The van der Waals surface area contributed by atoms with Gasteiger partial charge in [-0.15, -0.1) is 10.2 Å². The lowest BCUT2D eigenvalue weighted by atomic mass is 9.97. The normalized spacial score (nSPS) is 13.6. The fraction of sp³-hybridized carbons (Fsp3) is 0.500. The molecule has 0 atom stereocenters. The van der Waals surface area contributed by atoms with Crippen LogP contribution in [0.15, 0.2) is 9.95 Å². The van der Waals surface area contributed by atoms with Crippen LogP contribution in [0.2, 0.25) is 0 Å². The summed E-state index contributed by atoms with van der Waals surface area (Å²) >= 11 is 2.59. The van der Waals surface area contributed by atoms with E-state index in [-0.39, 0.29) is 17.2 Å². The average molecular weight is 351 g/mol. The lowest BCUT2D eigenvalue weighted by Gasteiger charge is -2.14. The summed E-state index contributed by atoms with van der Waals surface area (Å²) < 4.78 is 0. The van der Waals surface area contributed by atoms with Gasteiger partial charge in [0.1, 0.15) is 5.01 Å². The van der Waals surface area contributed by atoms with Crippen LogP contribution in [0.3, 0.4) is 0 Å². The highest BCUT2D eigenvalue weighted by atomic mass is 32.2. The van der Waals surface area contributed by atoms with Gasteiger partial charge in [-0.2, -0.15) is 0 Å². The first-order chi connectivity index (χ1) is 11.2. The van der Waals surface area contributed by atoms with E-state index < -0.39 is 0 Å². The second-order valence-corrected chi connectivity index (χ2v) is 7.22. The van der Waals surface area contributed by atoms with Crippen LogP contribution >= 0.6 is 23.1 Å². The number of aromatic amines is 1. The number of fused-ring (bicyclic) bond motifs is 1. The van der Waals surface area contributed by atoms with Crippen molar-refractivity contribution >= 4 is 34.1 Å². The Morgan fingerprint density at radius 1 is 1.35 bits per heavy atom. The van der Waals surface area contributed by atoms with Gasteiger partial charge in [-0.25, -0.2) is 4.98 Å². The monoisotopic (exact) mass is 351 g/mol. The molecule has 2 heterocycles. The van der Waals surface area contributed by atoms with Crippen molar-refractivity contribution in [3.63, 3.8) is 0 Å². The van der Waals surface area contributed by atoms with Crippen molar-refractivity contribution < 1.29 is 4.79 Å². The number of nitrogens with one attached hydrogen (secondary N) is 2. The molecule has 7 nitrogen and oxygen atoms in total. The summed E-state index contributed by atoms with van der Waals surface area (Å²) in [5.41, 5.74) is 1.60. The molecule has 0 aromatic carbocycles. The summed E-state index contributed by atoms with van der Waals surface area (Å²) in [5.74, 6) is -0.0165. The summed E-state index contributed by atoms with van der Waals surface area (Å²) in [6.45, 7) is 1.99. The van der Waals surface area contributed by atoms with E-state index in [1.807, 2.05) is 6.92 Å². The van der Waals surface area contributed by atoms with Crippen molar-refractivity contribution in [3.05, 3.63) is 26.6 Å². The predicted octanol–water partition coefficient (Wildman–Crippen LogP) is 1.79. The molecular weight excluding hydrogens is 334 g/mol. The number of H-pyrrole nitrogens is 1. The molecule has 1 amide bonds. The zero-order chi connectivity index (χ0) is 16.2. The Hall–Kier alpha value is -1.74. The highest BCUT2D eigenvalue weighted by Gasteiger charge is 2.16. The zero-order valence-corrected chi connectivity index (χ0v) is 14.4. The quantitative estimate of drug-likeness (QED) is 0.629. The zero-order valence-electron chi connectivity index (χ0n) is 12.7. The Morgan fingerprint density at radius 2 is 2.17 bits per heavy atom. The Bertz CT molecular complexity index is 771. The summed E-state index contributed by atoms with van der Waals surface area (Å²) in [4.78, 5) is 31.2. The van der Waals surface area contributed by atoms with Gasteiger partial charge in [0.2, 0.25) is 11.0 Å². The van der Waals surface area contributed by atoms with Gasteiger partial charge in [-0.3, -0.25) is 14.9 Å². The van der Waals surface area contributed by atoms with E-state index in [0.29, 0.717) is 10.3 Å². The SMILES string of the molecule is CCc1nnc(NC(=O)CSc2nc3c(c(=O)[nH]2)CCCC3)s1. The van der Waals surface area contributed by atoms with E-state index in [1.165, 1.54) is 23.1 Å². The third-order valence-electron chi connectivity index (χ3n) is 3.53. The van der Waals surface area contributed by atoms with Gasteiger partial charge in [0.05, 0.1) is 11.4 Å². The topological polar surface area (TPSA) is 101 Å². The highest BCUT2D eigenvalue weighted by molar-refractivity contribution is 7.99. The van der Waals surface area contributed by atoms with E-state index in [1.54, 1.807) is 0 Å². The lowest BCUT2D eigenvalue weighted by Crippen LogP contribution is -2.22. The van der Waals surface area contributed by atoms with Crippen molar-refractivity contribution in [1.29, 1.82) is 0 Å². The number of rotatable bonds is 5. The van der Waals surface area contributed by atoms with Crippen LogP contribution in [0.5, 0.6) is 0 Å². The van der Waals surface area contributed by atoms with Crippen LogP contribution in [-0.4, -0.2) is 31.8 Å². The van der Waals surface area contributed by atoms with Gasteiger partial charge < -0.3 is 4.98 Å². The van der Waals surface area contributed by atoms with E-state index >= 15 is 0 Å². The standard InChI is InChI=1S/C14H17N5O2S2/c1-2-11-18-19-14(23-11)16-10(20)7-22-13-15-9-6-4-3-5-8(9)12(21)17-13/h2-7H2,1H3,(H,15,17,21)(H,16,19,20). The van der Waals surface area contributed by atoms with Crippen molar-refractivity contribution in [2.75, 3.05) is 11.1 Å². The largest absolute Gasteiger partial charge is 0.301 e. The maximum absolute atomic E-state index is 12.0. The van der Waals surface area contributed by atoms with Crippen LogP contribution in [-0.2, 0) is 24.1 Å². The van der Waals surface area contributed by atoms with E-state index in [9.17, 15) is 9.59 Å². The molecule has 0 spiro atoms. The number of nitrogens with zero attached hydrogens (tertiary/aromatic N) is 3. The maximum Gasteiger partial charge on any atom is 0.254 e. The Balaban J connectivity index is 1.60. The first kappa shape index (κ1) is 16.1. The molecular formula is C14H17N5O2S2. The minimum absolute atomic E-state index is 0.0747. The summed E-state index contributed by atoms with van der Waals surface area (Å²) in [6, 6.07) is 0. The lowest BCUT2D eigenvalue weighted by molar-refractivity contribution is -0.113. The van der Waals surface area contributed by atoms with Crippen LogP contribution < -0.4 is 10.9 Å². The number of carbonyl (C=O) groups excluding carboxylic acids is 1. The molecule has 2 aromatic rings. The van der Waals surface area contributed by atoms with Gasteiger partial charge in [0, 0.05) is 5.56 Å². The molecule has 2 N–H and O–H groups in total. The third-order valence-corrected chi connectivity index (χ3v) is 5.38. The molecule has 9 heteroatoms.